The van der Waals surface area contributed by atoms with Crippen LogP contribution in [0.2, 0.25) is 0 Å². The van der Waals surface area contributed by atoms with Gasteiger partial charge in [-0.2, -0.15) is 14.6 Å². The molecule has 0 aliphatic carbocycles. The number of carbonyl (C=O) groups excluding carboxylic acids is 1. The van der Waals surface area contributed by atoms with Gasteiger partial charge >= 0.3 is 5.97 Å². The fourth-order valence-corrected chi connectivity index (χ4v) is 3.76. The molecule has 36 heavy (non-hydrogen) atoms. The van der Waals surface area contributed by atoms with E-state index in [9.17, 15) is 9.18 Å². The first-order chi connectivity index (χ1) is 17.1. The summed E-state index contributed by atoms with van der Waals surface area (Å²) >= 11 is 0. The van der Waals surface area contributed by atoms with Crippen LogP contribution in [-0.4, -0.2) is 47.7 Å². The monoisotopic (exact) mass is 491 g/mol. The smallest absolute Gasteiger partial charge is 0.312 e. The van der Waals surface area contributed by atoms with Crippen molar-refractivity contribution in [3.8, 4) is 11.4 Å². The third-order valence-electron chi connectivity index (χ3n) is 5.37. The van der Waals surface area contributed by atoms with Crippen LogP contribution in [0.4, 0.5) is 10.3 Å². The molecule has 0 aromatic carbocycles. The van der Waals surface area contributed by atoms with Crippen LogP contribution in [0.25, 0.3) is 17.0 Å². The highest BCUT2D eigenvalue weighted by atomic mass is 19.1. The van der Waals surface area contributed by atoms with E-state index in [4.69, 9.17) is 4.74 Å². The number of rotatable bonds is 8. The van der Waals surface area contributed by atoms with E-state index in [1.165, 1.54) is 12.3 Å². The quantitative estimate of drug-likeness (QED) is 0.362. The normalized spacial score (nSPS) is 11.8. The van der Waals surface area contributed by atoms with Crippen LogP contribution < -0.4 is 5.32 Å². The summed E-state index contributed by atoms with van der Waals surface area (Å²) in [7, 11) is 0. The minimum absolute atomic E-state index is 0.0961. The summed E-state index contributed by atoms with van der Waals surface area (Å²) in [5, 5.41) is 7.80. The van der Waals surface area contributed by atoms with Gasteiger partial charge in [0.05, 0.1) is 24.5 Å². The Hall–Kier alpha value is -3.95. The van der Waals surface area contributed by atoms with E-state index < -0.39 is 11.4 Å². The standard InChI is InChI=1S/C26H30FN7O2/c1-16(2)20-15-31-34-24(20)32-23(18-11-19(27)14-28-13-18)33-25(34)30-10-8-17-7-6-9-29-21(17)12-22(35)36-26(3,4)5/h6-7,9,11,13-16H,8,10,12H2,1-5H3,(H,30,32,33). The number of fused-ring (bicyclic) bond motifs is 1. The number of ether oxygens (including phenoxy) is 1. The van der Waals surface area contributed by atoms with Gasteiger partial charge in [-0.05, 0) is 50.8 Å². The number of nitrogens with zero attached hydrogens (tertiary/aromatic N) is 6. The van der Waals surface area contributed by atoms with Gasteiger partial charge in [-0.3, -0.25) is 14.8 Å². The molecule has 4 aromatic heterocycles. The maximum Gasteiger partial charge on any atom is 0.312 e. The third-order valence-corrected chi connectivity index (χ3v) is 5.37. The van der Waals surface area contributed by atoms with Crippen molar-refractivity contribution >= 4 is 17.6 Å². The molecule has 10 heteroatoms. The van der Waals surface area contributed by atoms with Crippen LogP contribution in [-0.2, 0) is 22.4 Å². The van der Waals surface area contributed by atoms with Crippen molar-refractivity contribution in [2.45, 2.75) is 59.0 Å². The van der Waals surface area contributed by atoms with Gasteiger partial charge in [0.25, 0.3) is 0 Å². The Morgan fingerprint density at radius 3 is 2.72 bits per heavy atom. The van der Waals surface area contributed by atoms with E-state index in [0.29, 0.717) is 41.6 Å². The first kappa shape index (κ1) is 25.2. The molecular formula is C26H30FN7O2. The van der Waals surface area contributed by atoms with Gasteiger partial charge < -0.3 is 10.1 Å². The van der Waals surface area contributed by atoms with Crippen molar-refractivity contribution in [2.24, 2.45) is 0 Å². The number of anilines is 1. The van der Waals surface area contributed by atoms with Gasteiger partial charge in [0, 0.05) is 30.1 Å². The molecule has 0 atom stereocenters. The Balaban J connectivity index is 1.58. The van der Waals surface area contributed by atoms with Crippen molar-refractivity contribution in [1.29, 1.82) is 0 Å². The lowest BCUT2D eigenvalue weighted by atomic mass is 10.1. The van der Waals surface area contributed by atoms with Crippen LogP contribution in [0.3, 0.4) is 0 Å². The van der Waals surface area contributed by atoms with E-state index in [1.54, 1.807) is 16.9 Å². The summed E-state index contributed by atoms with van der Waals surface area (Å²) in [6.07, 6.45) is 6.80. The first-order valence-corrected chi connectivity index (χ1v) is 11.9. The molecule has 188 valence electrons. The molecular weight excluding hydrogens is 461 g/mol. The predicted molar refractivity (Wildman–Crippen MR) is 134 cm³/mol. The van der Waals surface area contributed by atoms with Gasteiger partial charge in [0.1, 0.15) is 11.4 Å². The topological polar surface area (TPSA) is 107 Å². The lowest BCUT2D eigenvalue weighted by Gasteiger charge is -2.19. The number of aromatic nitrogens is 6. The molecule has 4 aromatic rings. The second-order valence-electron chi connectivity index (χ2n) is 9.80. The van der Waals surface area contributed by atoms with Gasteiger partial charge in [-0.15, -0.1) is 0 Å². The molecule has 0 saturated heterocycles. The largest absolute Gasteiger partial charge is 0.460 e. The number of nitrogens with one attached hydrogen (secondary N) is 1. The summed E-state index contributed by atoms with van der Waals surface area (Å²) in [5.41, 5.74) is 3.13. The summed E-state index contributed by atoms with van der Waals surface area (Å²) in [5.74, 6) is 0.237. The zero-order chi connectivity index (χ0) is 25.9. The molecule has 0 radical (unpaired) electrons. The van der Waals surface area contributed by atoms with Crippen LogP contribution in [0.15, 0.2) is 43.0 Å². The Morgan fingerprint density at radius 1 is 1.19 bits per heavy atom. The predicted octanol–water partition coefficient (Wildman–Crippen LogP) is 4.38. The molecule has 4 rings (SSSR count). The lowest BCUT2D eigenvalue weighted by Crippen LogP contribution is -2.25. The fraction of sp³-hybridized carbons (Fsp3) is 0.385. The molecule has 0 bridgehead atoms. The van der Waals surface area contributed by atoms with Crippen molar-refractivity contribution in [1.82, 2.24) is 29.5 Å². The number of pyridine rings is 2. The molecule has 9 nitrogen and oxygen atoms in total. The Labute approximate surface area is 209 Å². The Kier molecular flexibility index (Phi) is 7.23. The average molecular weight is 492 g/mol. The summed E-state index contributed by atoms with van der Waals surface area (Å²) in [4.78, 5) is 29.9. The zero-order valence-electron chi connectivity index (χ0n) is 21.1. The molecule has 0 aliphatic heterocycles. The highest BCUT2D eigenvalue weighted by Crippen LogP contribution is 2.24. The van der Waals surface area contributed by atoms with Gasteiger partial charge in [0.2, 0.25) is 5.95 Å². The molecule has 0 unspecified atom stereocenters. The SMILES string of the molecule is CC(C)c1cnn2c(NCCc3cccnc3CC(=O)OC(C)(C)C)nc(-c3cncc(F)c3)nc12. The summed E-state index contributed by atoms with van der Waals surface area (Å²) < 4.78 is 20.9. The second-order valence-corrected chi connectivity index (χ2v) is 9.80. The van der Waals surface area contributed by atoms with Crippen molar-refractivity contribution in [3.05, 3.63) is 65.6 Å². The lowest BCUT2D eigenvalue weighted by molar-refractivity contribution is -0.154. The second kappa shape index (κ2) is 10.3. The molecule has 1 N–H and O–H groups in total. The van der Waals surface area contributed by atoms with Crippen LogP contribution in [0, 0.1) is 5.82 Å². The van der Waals surface area contributed by atoms with Gasteiger partial charge in [0.15, 0.2) is 11.5 Å². The number of hydrogen-bond acceptors (Lipinski definition) is 8. The molecule has 4 heterocycles. The van der Waals surface area contributed by atoms with E-state index in [2.05, 4.69) is 44.2 Å². The highest BCUT2D eigenvalue weighted by molar-refractivity contribution is 5.72. The minimum Gasteiger partial charge on any atom is -0.460 e. The average Bonchev–Trinajstić information content (AvgIpc) is 3.23. The Morgan fingerprint density at radius 2 is 2.00 bits per heavy atom. The molecule has 0 amide bonds. The molecule has 0 spiro atoms. The number of halogens is 1. The first-order valence-electron chi connectivity index (χ1n) is 11.9. The van der Waals surface area contributed by atoms with E-state index in [1.807, 2.05) is 32.9 Å². The Bertz CT molecular complexity index is 1380. The summed E-state index contributed by atoms with van der Waals surface area (Å²) in [6, 6.07) is 5.14. The molecule has 0 fully saturated rings. The molecule has 0 saturated carbocycles. The van der Waals surface area contributed by atoms with E-state index >= 15 is 0 Å². The van der Waals surface area contributed by atoms with Gasteiger partial charge in [-0.1, -0.05) is 19.9 Å². The third kappa shape index (κ3) is 5.99. The maximum absolute atomic E-state index is 13.8. The number of hydrogen-bond donors (Lipinski definition) is 1. The minimum atomic E-state index is -0.556. The maximum atomic E-state index is 13.8. The van der Waals surface area contributed by atoms with Crippen molar-refractivity contribution < 1.29 is 13.9 Å². The van der Waals surface area contributed by atoms with Crippen molar-refractivity contribution in [3.63, 3.8) is 0 Å². The van der Waals surface area contributed by atoms with Crippen LogP contribution in [0.1, 0.15) is 57.4 Å². The number of esters is 1. The highest BCUT2D eigenvalue weighted by Gasteiger charge is 2.19. The van der Waals surface area contributed by atoms with Crippen molar-refractivity contribution in [2.75, 3.05) is 11.9 Å². The van der Waals surface area contributed by atoms with Crippen LogP contribution in [0.5, 0.6) is 0 Å². The van der Waals surface area contributed by atoms with Gasteiger partial charge in [-0.25, -0.2) is 9.37 Å². The number of carbonyl (C=O) groups is 1. The van der Waals surface area contributed by atoms with E-state index in [-0.39, 0.29) is 18.3 Å². The zero-order valence-corrected chi connectivity index (χ0v) is 21.1. The fourth-order valence-electron chi connectivity index (χ4n) is 3.76. The van der Waals surface area contributed by atoms with Crippen LogP contribution >= 0.6 is 0 Å². The molecule has 0 aliphatic rings. The summed E-state index contributed by atoms with van der Waals surface area (Å²) in [6.45, 7) is 10.1. The van der Waals surface area contributed by atoms with E-state index in [0.717, 1.165) is 17.3 Å².